The van der Waals surface area contributed by atoms with Crippen LogP contribution in [0.1, 0.15) is 24.8 Å². The van der Waals surface area contributed by atoms with Crippen LogP contribution in [0.25, 0.3) is 16.6 Å². The van der Waals surface area contributed by atoms with Gasteiger partial charge >= 0.3 is 6.18 Å². The van der Waals surface area contributed by atoms with Crippen molar-refractivity contribution in [3.63, 3.8) is 0 Å². The number of halogens is 3. The normalized spacial score (nSPS) is 15.7. The maximum atomic E-state index is 13.4. The molecular weight excluding hydrogens is 327 g/mol. The van der Waals surface area contributed by atoms with Crippen LogP contribution < -0.4 is 4.90 Å². The van der Waals surface area contributed by atoms with Crippen molar-refractivity contribution in [1.29, 1.82) is 0 Å². The van der Waals surface area contributed by atoms with Crippen LogP contribution in [0.5, 0.6) is 0 Å². The molecule has 3 nitrogen and oxygen atoms in total. The minimum Gasteiger partial charge on any atom is -0.356 e. The highest BCUT2D eigenvalue weighted by atomic mass is 19.4. The molecular formula is C19H18F3N3. The van der Waals surface area contributed by atoms with Crippen LogP contribution in [-0.2, 0) is 6.18 Å². The fraction of sp³-hybridized carbons (Fsp3) is 0.316. The predicted octanol–water partition coefficient (Wildman–Crippen LogP) is 5.03. The second-order valence-electron chi connectivity index (χ2n) is 6.32. The van der Waals surface area contributed by atoms with Gasteiger partial charge in [-0.2, -0.15) is 18.3 Å². The summed E-state index contributed by atoms with van der Waals surface area (Å²) in [6.45, 7) is 1.67. The second-order valence-corrected chi connectivity index (χ2v) is 6.32. The molecule has 0 unspecified atom stereocenters. The number of para-hydroxylation sites is 1. The lowest BCUT2D eigenvalue weighted by atomic mass is 10.1. The van der Waals surface area contributed by atoms with Crippen LogP contribution in [0.15, 0.2) is 48.5 Å². The molecule has 0 aliphatic carbocycles. The van der Waals surface area contributed by atoms with Gasteiger partial charge in [-0.05, 0) is 43.5 Å². The summed E-state index contributed by atoms with van der Waals surface area (Å²) in [5, 5.41) is 4.94. The Morgan fingerprint density at radius 2 is 1.56 bits per heavy atom. The number of aromatic nitrogens is 2. The van der Waals surface area contributed by atoms with Crippen molar-refractivity contribution in [2.24, 2.45) is 0 Å². The number of anilines is 1. The predicted molar refractivity (Wildman–Crippen MR) is 92.1 cm³/mol. The summed E-state index contributed by atoms with van der Waals surface area (Å²) in [6, 6.07) is 13.7. The highest BCUT2D eigenvalue weighted by Crippen LogP contribution is 2.39. The second kappa shape index (κ2) is 6.10. The molecule has 4 rings (SSSR count). The molecule has 1 aliphatic rings. The molecule has 0 radical (unpaired) electrons. The van der Waals surface area contributed by atoms with E-state index in [0.29, 0.717) is 5.39 Å². The number of nitrogens with zero attached hydrogens (tertiary/aromatic N) is 3. The first kappa shape index (κ1) is 16.0. The molecule has 0 bridgehead atoms. The highest BCUT2D eigenvalue weighted by Gasteiger charge is 2.35. The van der Waals surface area contributed by atoms with E-state index in [1.807, 2.05) is 30.3 Å². The van der Waals surface area contributed by atoms with Crippen molar-refractivity contribution in [2.45, 2.75) is 25.4 Å². The summed E-state index contributed by atoms with van der Waals surface area (Å²) in [4.78, 5) is 2.16. The lowest BCUT2D eigenvalue weighted by Gasteiger charge is -2.29. The third-order valence-electron chi connectivity index (χ3n) is 4.64. The Hall–Kier alpha value is -2.50. The van der Waals surface area contributed by atoms with Gasteiger partial charge in [-0.3, -0.25) is 0 Å². The van der Waals surface area contributed by atoms with E-state index in [-0.39, 0.29) is 5.52 Å². The summed E-state index contributed by atoms with van der Waals surface area (Å²) < 4.78 is 42.0. The maximum Gasteiger partial charge on any atom is 0.418 e. The molecule has 1 fully saturated rings. The molecule has 0 saturated carbocycles. The van der Waals surface area contributed by atoms with Crippen molar-refractivity contribution in [3.8, 4) is 5.69 Å². The molecule has 0 N–H and O–H groups in total. The number of hydrogen-bond acceptors (Lipinski definition) is 2. The lowest BCUT2D eigenvalue weighted by Crippen LogP contribution is -2.31. The van der Waals surface area contributed by atoms with Gasteiger partial charge in [0.05, 0.1) is 11.3 Å². The fourth-order valence-electron chi connectivity index (χ4n) is 3.48. The summed E-state index contributed by atoms with van der Waals surface area (Å²) in [7, 11) is 0. The standard InChI is InChI=1S/C19H18F3N3/c20-19(21,22)16-11-7-10-15-17(16)23-25(14-8-3-1-4-9-14)18(15)24-12-5-2-6-13-24/h1,3-4,7-11H,2,5-6,12-13H2. The quantitative estimate of drug-likeness (QED) is 0.649. The Labute approximate surface area is 143 Å². The van der Waals surface area contributed by atoms with Crippen molar-refractivity contribution in [1.82, 2.24) is 9.78 Å². The first-order valence-electron chi connectivity index (χ1n) is 8.45. The van der Waals surface area contributed by atoms with Gasteiger partial charge < -0.3 is 4.90 Å². The fourth-order valence-corrected chi connectivity index (χ4v) is 3.48. The van der Waals surface area contributed by atoms with Crippen molar-refractivity contribution < 1.29 is 13.2 Å². The van der Waals surface area contributed by atoms with Crippen LogP contribution in [-0.4, -0.2) is 22.9 Å². The number of piperidine rings is 1. The Morgan fingerprint density at radius 1 is 0.840 bits per heavy atom. The van der Waals surface area contributed by atoms with E-state index in [4.69, 9.17) is 0 Å². The van der Waals surface area contributed by atoms with Gasteiger partial charge in [-0.25, -0.2) is 4.68 Å². The third-order valence-corrected chi connectivity index (χ3v) is 4.64. The van der Waals surface area contributed by atoms with E-state index in [0.717, 1.165) is 49.9 Å². The molecule has 1 aromatic heterocycles. The van der Waals surface area contributed by atoms with E-state index in [1.54, 1.807) is 10.7 Å². The van der Waals surface area contributed by atoms with Crippen molar-refractivity contribution in [3.05, 3.63) is 54.1 Å². The Morgan fingerprint density at radius 3 is 2.24 bits per heavy atom. The summed E-state index contributed by atoms with van der Waals surface area (Å²) >= 11 is 0. The average Bonchev–Trinajstić information content (AvgIpc) is 3.01. The zero-order valence-corrected chi connectivity index (χ0v) is 13.6. The Balaban J connectivity index is 1.99. The zero-order chi connectivity index (χ0) is 17.4. The Kier molecular flexibility index (Phi) is 3.90. The van der Waals surface area contributed by atoms with Gasteiger partial charge in [0.1, 0.15) is 11.3 Å². The van der Waals surface area contributed by atoms with E-state index in [9.17, 15) is 13.2 Å². The summed E-state index contributed by atoms with van der Waals surface area (Å²) in [6.07, 6.45) is -1.18. The van der Waals surface area contributed by atoms with E-state index in [1.165, 1.54) is 6.07 Å². The Bertz CT molecular complexity index is 878. The first-order valence-corrected chi connectivity index (χ1v) is 8.45. The van der Waals surface area contributed by atoms with Crippen molar-refractivity contribution in [2.75, 3.05) is 18.0 Å². The summed E-state index contributed by atoms with van der Waals surface area (Å²) in [5.74, 6) is 0.756. The van der Waals surface area contributed by atoms with E-state index < -0.39 is 11.7 Å². The zero-order valence-electron chi connectivity index (χ0n) is 13.6. The van der Waals surface area contributed by atoms with Gasteiger partial charge in [0.2, 0.25) is 0 Å². The molecule has 0 atom stereocenters. The molecule has 3 aromatic rings. The molecule has 130 valence electrons. The smallest absolute Gasteiger partial charge is 0.356 e. The van der Waals surface area contributed by atoms with Crippen LogP contribution >= 0.6 is 0 Å². The average molecular weight is 345 g/mol. The lowest BCUT2D eigenvalue weighted by molar-refractivity contribution is -0.136. The number of hydrogen-bond donors (Lipinski definition) is 0. The number of benzene rings is 2. The van der Waals surface area contributed by atoms with Crippen LogP contribution in [0.2, 0.25) is 0 Å². The van der Waals surface area contributed by atoms with Crippen LogP contribution in [0.3, 0.4) is 0 Å². The summed E-state index contributed by atoms with van der Waals surface area (Å²) in [5.41, 5.74) is 0.102. The minimum absolute atomic E-state index is 0.0134. The largest absolute Gasteiger partial charge is 0.418 e. The molecule has 6 heteroatoms. The van der Waals surface area contributed by atoms with E-state index >= 15 is 0 Å². The van der Waals surface area contributed by atoms with Crippen LogP contribution in [0.4, 0.5) is 19.0 Å². The monoisotopic (exact) mass is 345 g/mol. The topological polar surface area (TPSA) is 21.1 Å². The molecule has 0 spiro atoms. The molecule has 1 aliphatic heterocycles. The highest BCUT2D eigenvalue weighted by molar-refractivity contribution is 5.94. The molecule has 1 saturated heterocycles. The third kappa shape index (κ3) is 2.86. The van der Waals surface area contributed by atoms with Gasteiger partial charge in [0.25, 0.3) is 0 Å². The number of fused-ring (bicyclic) bond motifs is 1. The molecule has 25 heavy (non-hydrogen) atoms. The minimum atomic E-state index is -4.42. The van der Waals surface area contributed by atoms with Gasteiger partial charge in [-0.15, -0.1) is 0 Å². The first-order chi connectivity index (χ1) is 12.1. The van der Waals surface area contributed by atoms with Gasteiger partial charge in [-0.1, -0.05) is 24.3 Å². The number of rotatable bonds is 2. The molecule has 2 heterocycles. The molecule has 2 aromatic carbocycles. The maximum absolute atomic E-state index is 13.4. The molecule has 0 amide bonds. The van der Waals surface area contributed by atoms with Gasteiger partial charge in [0, 0.05) is 18.5 Å². The number of alkyl halides is 3. The van der Waals surface area contributed by atoms with Crippen LogP contribution in [0, 0.1) is 0 Å². The van der Waals surface area contributed by atoms with Gasteiger partial charge in [0.15, 0.2) is 0 Å². The SMILES string of the molecule is FC(F)(F)c1cccc2c(N3CCCCC3)n(-c3ccccc3)nc12. The van der Waals surface area contributed by atoms with Crippen molar-refractivity contribution >= 4 is 16.7 Å². The van der Waals surface area contributed by atoms with E-state index in [2.05, 4.69) is 10.00 Å².